The van der Waals surface area contributed by atoms with Crippen molar-refractivity contribution in [1.82, 2.24) is 4.90 Å². The number of esters is 1. The van der Waals surface area contributed by atoms with E-state index in [9.17, 15) is 4.79 Å². The molecule has 0 amide bonds. The molecule has 3 heteroatoms. The number of carbonyl (C=O) groups excluding carboxylic acids is 1. The molecule has 0 aromatic heterocycles. The summed E-state index contributed by atoms with van der Waals surface area (Å²) in [6.45, 7) is 0.527. The number of fused-ring (bicyclic) bond motifs is 3. The van der Waals surface area contributed by atoms with Gasteiger partial charge in [0.15, 0.2) is 0 Å². The number of ether oxygens (including phenoxy) is 1. The lowest BCUT2D eigenvalue weighted by atomic mass is 9.73. The van der Waals surface area contributed by atoms with Crippen molar-refractivity contribution in [3.05, 3.63) is 0 Å². The molecular weight excluding hydrogens is 226 g/mol. The van der Waals surface area contributed by atoms with Crippen LogP contribution in [0.15, 0.2) is 0 Å². The van der Waals surface area contributed by atoms with Crippen LogP contribution in [0.1, 0.15) is 51.4 Å². The van der Waals surface area contributed by atoms with Gasteiger partial charge in [-0.2, -0.15) is 0 Å². The van der Waals surface area contributed by atoms with Crippen LogP contribution in [0.5, 0.6) is 0 Å². The Morgan fingerprint density at radius 1 is 1.00 bits per heavy atom. The molecule has 0 aromatic rings. The number of hydrogen-bond donors (Lipinski definition) is 0. The maximum Gasteiger partial charge on any atom is 0.319 e. The van der Waals surface area contributed by atoms with Gasteiger partial charge in [0.25, 0.3) is 0 Å². The van der Waals surface area contributed by atoms with Gasteiger partial charge < -0.3 is 4.74 Å². The largest absolute Gasteiger partial charge is 0.468 e. The normalized spacial score (nSPS) is 40.1. The van der Waals surface area contributed by atoms with Crippen LogP contribution in [0, 0.1) is 11.8 Å². The number of methoxy groups -OCH3 is 1. The summed E-state index contributed by atoms with van der Waals surface area (Å²) in [5.41, 5.74) is 0. The quantitative estimate of drug-likeness (QED) is 0.707. The van der Waals surface area contributed by atoms with Crippen molar-refractivity contribution in [3.63, 3.8) is 0 Å². The van der Waals surface area contributed by atoms with E-state index in [1.54, 1.807) is 0 Å². The molecule has 3 aliphatic rings. The summed E-state index contributed by atoms with van der Waals surface area (Å²) in [7, 11) is 1.51. The minimum atomic E-state index is -0.0504. The van der Waals surface area contributed by atoms with Crippen molar-refractivity contribution in [2.24, 2.45) is 11.8 Å². The Morgan fingerprint density at radius 2 is 1.50 bits per heavy atom. The van der Waals surface area contributed by atoms with E-state index in [0.29, 0.717) is 18.6 Å². The molecule has 18 heavy (non-hydrogen) atoms. The summed E-state index contributed by atoms with van der Waals surface area (Å²) in [5.74, 6) is 1.69. The monoisotopic (exact) mass is 251 g/mol. The molecule has 3 rings (SSSR count). The Bertz CT molecular complexity index is 296. The molecule has 0 spiro atoms. The lowest BCUT2D eigenvalue weighted by molar-refractivity contribution is -0.143. The van der Waals surface area contributed by atoms with Gasteiger partial charge in [0.2, 0.25) is 0 Å². The van der Waals surface area contributed by atoms with Gasteiger partial charge in [-0.3, -0.25) is 9.69 Å². The van der Waals surface area contributed by atoms with E-state index in [0.717, 1.165) is 11.8 Å². The molecule has 0 N–H and O–H groups in total. The van der Waals surface area contributed by atoms with Crippen LogP contribution in [0.25, 0.3) is 0 Å². The van der Waals surface area contributed by atoms with E-state index in [1.807, 2.05) is 0 Å². The molecule has 3 nitrogen and oxygen atoms in total. The van der Waals surface area contributed by atoms with Gasteiger partial charge in [0.1, 0.15) is 0 Å². The maximum atomic E-state index is 11.7. The number of carbonyl (C=O) groups is 1. The molecule has 4 unspecified atom stereocenters. The Hall–Kier alpha value is -0.570. The molecule has 3 fully saturated rings. The molecule has 0 bridgehead atoms. The topological polar surface area (TPSA) is 29.5 Å². The standard InChI is InChI=1S/C15H25NO2/c1-18-15(17)10-16-13-8-4-2-6-11(13)12-7-3-5-9-14(12)16/h11-14H,2-10H2,1H3. The molecule has 0 aromatic carbocycles. The Balaban J connectivity index is 1.78. The van der Waals surface area contributed by atoms with Gasteiger partial charge in [0.05, 0.1) is 13.7 Å². The summed E-state index contributed by atoms with van der Waals surface area (Å²) in [5, 5.41) is 0. The second-order valence-corrected chi connectivity index (χ2v) is 6.28. The highest BCUT2D eigenvalue weighted by atomic mass is 16.5. The summed E-state index contributed by atoms with van der Waals surface area (Å²) < 4.78 is 4.89. The third-order valence-corrected chi connectivity index (χ3v) is 5.50. The number of likely N-dealkylation sites (tertiary alicyclic amines) is 1. The van der Waals surface area contributed by atoms with Gasteiger partial charge in [-0.1, -0.05) is 25.7 Å². The highest BCUT2D eigenvalue weighted by Gasteiger charge is 2.49. The van der Waals surface area contributed by atoms with Gasteiger partial charge in [-0.05, 0) is 37.5 Å². The first-order valence-corrected chi connectivity index (χ1v) is 7.64. The lowest BCUT2D eigenvalue weighted by Gasteiger charge is -2.33. The van der Waals surface area contributed by atoms with E-state index in [-0.39, 0.29) is 5.97 Å². The first-order chi connectivity index (χ1) is 8.81. The molecule has 4 atom stereocenters. The highest BCUT2D eigenvalue weighted by Crippen LogP contribution is 2.48. The van der Waals surface area contributed by atoms with Crippen LogP contribution in [0.4, 0.5) is 0 Å². The van der Waals surface area contributed by atoms with Crippen LogP contribution in [-0.4, -0.2) is 36.6 Å². The Morgan fingerprint density at radius 3 is 2.00 bits per heavy atom. The zero-order valence-electron chi connectivity index (χ0n) is 11.4. The summed E-state index contributed by atoms with van der Waals surface area (Å²) in [6, 6.07) is 1.34. The summed E-state index contributed by atoms with van der Waals surface area (Å²) in [4.78, 5) is 14.2. The van der Waals surface area contributed by atoms with Gasteiger partial charge in [-0.25, -0.2) is 0 Å². The number of rotatable bonds is 2. The second kappa shape index (κ2) is 5.20. The molecule has 102 valence electrons. The van der Waals surface area contributed by atoms with Crippen LogP contribution >= 0.6 is 0 Å². The summed E-state index contributed by atoms with van der Waals surface area (Å²) >= 11 is 0. The van der Waals surface area contributed by atoms with Crippen LogP contribution < -0.4 is 0 Å². The molecule has 1 heterocycles. The Kier molecular flexibility index (Phi) is 3.60. The van der Waals surface area contributed by atoms with Crippen molar-refractivity contribution in [3.8, 4) is 0 Å². The zero-order chi connectivity index (χ0) is 12.5. The van der Waals surface area contributed by atoms with Gasteiger partial charge in [-0.15, -0.1) is 0 Å². The van der Waals surface area contributed by atoms with Crippen molar-refractivity contribution in [2.45, 2.75) is 63.5 Å². The van der Waals surface area contributed by atoms with Crippen LogP contribution in [0.2, 0.25) is 0 Å². The molecule has 1 aliphatic heterocycles. The van der Waals surface area contributed by atoms with Crippen molar-refractivity contribution < 1.29 is 9.53 Å². The number of nitrogens with zero attached hydrogens (tertiary/aromatic N) is 1. The van der Waals surface area contributed by atoms with Crippen molar-refractivity contribution >= 4 is 5.97 Å². The van der Waals surface area contributed by atoms with Crippen molar-refractivity contribution in [2.75, 3.05) is 13.7 Å². The molecule has 1 saturated heterocycles. The third-order valence-electron chi connectivity index (χ3n) is 5.50. The minimum absolute atomic E-state index is 0.0504. The van der Waals surface area contributed by atoms with E-state index in [1.165, 1.54) is 58.5 Å². The van der Waals surface area contributed by atoms with Crippen LogP contribution in [-0.2, 0) is 9.53 Å². The average molecular weight is 251 g/mol. The fourth-order valence-corrected chi connectivity index (χ4v) is 4.80. The fourth-order valence-electron chi connectivity index (χ4n) is 4.80. The first kappa shape index (κ1) is 12.5. The minimum Gasteiger partial charge on any atom is -0.468 e. The predicted molar refractivity (Wildman–Crippen MR) is 70.2 cm³/mol. The van der Waals surface area contributed by atoms with E-state index < -0.39 is 0 Å². The third kappa shape index (κ3) is 2.07. The first-order valence-electron chi connectivity index (χ1n) is 7.64. The Labute approximate surface area is 110 Å². The molecule has 2 aliphatic carbocycles. The number of hydrogen-bond acceptors (Lipinski definition) is 3. The van der Waals surface area contributed by atoms with Gasteiger partial charge in [0, 0.05) is 12.1 Å². The second-order valence-electron chi connectivity index (χ2n) is 6.28. The van der Waals surface area contributed by atoms with Crippen LogP contribution in [0.3, 0.4) is 0 Å². The maximum absolute atomic E-state index is 11.7. The molecule has 2 saturated carbocycles. The van der Waals surface area contributed by atoms with Gasteiger partial charge >= 0.3 is 5.97 Å². The van der Waals surface area contributed by atoms with E-state index >= 15 is 0 Å². The summed E-state index contributed by atoms with van der Waals surface area (Å²) in [6.07, 6.45) is 10.9. The van der Waals surface area contributed by atoms with Crippen molar-refractivity contribution in [1.29, 1.82) is 0 Å². The average Bonchev–Trinajstić information content (AvgIpc) is 2.74. The highest BCUT2D eigenvalue weighted by molar-refractivity contribution is 5.71. The fraction of sp³-hybridized carbons (Fsp3) is 0.933. The smallest absolute Gasteiger partial charge is 0.319 e. The SMILES string of the molecule is COC(=O)CN1C2CCCCC2C2CCCCC21. The lowest BCUT2D eigenvalue weighted by Crippen LogP contribution is -2.43. The predicted octanol–water partition coefficient (Wildman–Crippen LogP) is 2.59. The molecule has 0 radical (unpaired) electrons. The van der Waals surface area contributed by atoms with E-state index in [4.69, 9.17) is 4.74 Å². The molecular formula is C15H25NO2. The zero-order valence-corrected chi connectivity index (χ0v) is 11.4. The van der Waals surface area contributed by atoms with E-state index in [2.05, 4.69) is 4.90 Å².